The van der Waals surface area contributed by atoms with Crippen molar-refractivity contribution in [3.05, 3.63) is 57.6 Å². The largest absolute Gasteiger partial charge is 0.454 e. The summed E-state index contributed by atoms with van der Waals surface area (Å²) in [6.07, 6.45) is 0. The van der Waals surface area contributed by atoms with Gasteiger partial charge in [-0.1, -0.05) is 0 Å². The van der Waals surface area contributed by atoms with Gasteiger partial charge in [-0.25, -0.2) is 8.78 Å². The Morgan fingerprint density at radius 2 is 1.95 bits per heavy atom. The summed E-state index contributed by atoms with van der Waals surface area (Å²) >= 11 is 3.04. The highest BCUT2D eigenvalue weighted by Crippen LogP contribution is 2.32. The van der Waals surface area contributed by atoms with Gasteiger partial charge in [-0.05, 0) is 58.7 Å². The van der Waals surface area contributed by atoms with Crippen LogP contribution in [0.1, 0.15) is 11.1 Å². The van der Waals surface area contributed by atoms with Crippen molar-refractivity contribution < 1.29 is 13.5 Å². The Bertz CT molecular complexity index is 689. The second-order valence-electron chi connectivity index (χ2n) is 4.17. The Morgan fingerprint density at radius 3 is 2.55 bits per heavy atom. The lowest BCUT2D eigenvalue weighted by Gasteiger charge is -2.11. The minimum atomic E-state index is -0.667. The van der Waals surface area contributed by atoms with E-state index in [2.05, 4.69) is 15.9 Å². The molecule has 0 aliphatic rings. The van der Waals surface area contributed by atoms with Gasteiger partial charge in [0.25, 0.3) is 0 Å². The fraction of sp³-hybridized carbons (Fsp3) is 0.0714. The van der Waals surface area contributed by atoms with Crippen LogP contribution in [0, 0.1) is 24.0 Å². The summed E-state index contributed by atoms with van der Waals surface area (Å²) in [6, 6.07) is 6.98. The first-order valence-corrected chi connectivity index (χ1v) is 6.46. The lowest BCUT2D eigenvalue weighted by Crippen LogP contribution is -2.12. The molecule has 3 N–H and O–H groups in total. The maximum atomic E-state index is 14.1. The molecule has 0 amide bonds. The second kappa shape index (κ2) is 5.58. The summed E-state index contributed by atoms with van der Waals surface area (Å²) in [6.45, 7) is 1.59. The van der Waals surface area contributed by atoms with Crippen molar-refractivity contribution in [2.45, 2.75) is 6.92 Å². The number of aryl methyl sites for hydroxylation is 1. The van der Waals surface area contributed by atoms with Gasteiger partial charge in [0.1, 0.15) is 17.4 Å². The third-order valence-corrected chi connectivity index (χ3v) is 3.47. The number of benzene rings is 2. The highest BCUT2D eigenvalue weighted by atomic mass is 79.9. The smallest absolute Gasteiger partial charge is 0.180 e. The van der Waals surface area contributed by atoms with Gasteiger partial charge in [-0.15, -0.1) is 0 Å². The topological polar surface area (TPSA) is 59.1 Å². The fourth-order valence-electron chi connectivity index (χ4n) is 1.63. The van der Waals surface area contributed by atoms with Crippen LogP contribution in [0.25, 0.3) is 0 Å². The van der Waals surface area contributed by atoms with Gasteiger partial charge in [0, 0.05) is 5.56 Å². The van der Waals surface area contributed by atoms with E-state index < -0.39 is 5.82 Å². The van der Waals surface area contributed by atoms with E-state index in [1.165, 1.54) is 30.3 Å². The maximum Gasteiger partial charge on any atom is 0.180 e. The average Bonchev–Trinajstić information content (AvgIpc) is 2.39. The molecule has 0 bridgehead atoms. The van der Waals surface area contributed by atoms with Crippen molar-refractivity contribution in [2.75, 3.05) is 0 Å². The molecule has 0 spiro atoms. The monoisotopic (exact) mass is 340 g/mol. The minimum absolute atomic E-state index is 0.0344. The lowest BCUT2D eigenvalue weighted by molar-refractivity contribution is 0.438. The lowest BCUT2D eigenvalue weighted by atomic mass is 10.2. The van der Waals surface area contributed by atoms with Gasteiger partial charge in [0.15, 0.2) is 11.6 Å². The Labute approximate surface area is 123 Å². The van der Waals surface area contributed by atoms with E-state index in [-0.39, 0.29) is 27.4 Å². The van der Waals surface area contributed by atoms with Crippen LogP contribution in [-0.2, 0) is 0 Å². The van der Waals surface area contributed by atoms with Crippen LogP contribution in [0.5, 0.6) is 11.5 Å². The van der Waals surface area contributed by atoms with Gasteiger partial charge in [0.05, 0.1) is 4.47 Å². The molecule has 0 radical (unpaired) electrons. The number of ether oxygens (including phenoxy) is 1. The molecule has 0 unspecified atom stereocenters. The highest BCUT2D eigenvalue weighted by Gasteiger charge is 2.15. The van der Waals surface area contributed by atoms with E-state index >= 15 is 0 Å². The molecule has 0 saturated heterocycles. The van der Waals surface area contributed by atoms with Crippen molar-refractivity contribution in [1.29, 1.82) is 5.41 Å². The molecule has 0 fully saturated rings. The van der Waals surface area contributed by atoms with Crippen molar-refractivity contribution >= 4 is 21.8 Å². The zero-order valence-electron chi connectivity index (χ0n) is 10.5. The number of hydrogen-bond acceptors (Lipinski definition) is 2. The first-order chi connectivity index (χ1) is 9.40. The zero-order chi connectivity index (χ0) is 14.9. The molecule has 104 valence electrons. The SMILES string of the molecule is Cc1cc(Oc2ccc(C(=N)N)c(Br)c2F)ccc1F. The van der Waals surface area contributed by atoms with E-state index in [0.29, 0.717) is 11.3 Å². The van der Waals surface area contributed by atoms with E-state index in [0.717, 1.165) is 0 Å². The Hall–Kier alpha value is -1.95. The molecule has 0 aliphatic heterocycles. The van der Waals surface area contributed by atoms with E-state index in [9.17, 15) is 8.78 Å². The second-order valence-corrected chi connectivity index (χ2v) is 4.96. The standard InChI is InChI=1S/C14H11BrF2N2O/c1-7-6-8(2-4-10(7)16)20-11-5-3-9(14(18)19)12(15)13(11)17/h2-6H,1H3,(H3,18,19). The van der Waals surface area contributed by atoms with Crippen molar-refractivity contribution in [1.82, 2.24) is 0 Å². The summed E-state index contributed by atoms with van der Waals surface area (Å²) in [5.41, 5.74) is 5.97. The number of hydrogen-bond donors (Lipinski definition) is 2. The van der Waals surface area contributed by atoms with Crippen LogP contribution < -0.4 is 10.5 Å². The van der Waals surface area contributed by atoms with E-state index in [1.54, 1.807) is 6.92 Å². The Kier molecular flexibility index (Phi) is 4.04. The van der Waals surface area contributed by atoms with Crippen LogP contribution in [0.2, 0.25) is 0 Å². The zero-order valence-corrected chi connectivity index (χ0v) is 12.1. The summed E-state index contributed by atoms with van der Waals surface area (Å²) in [7, 11) is 0. The molecule has 0 aromatic heterocycles. The molecule has 20 heavy (non-hydrogen) atoms. The third-order valence-electron chi connectivity index (χ3n) is 2.69. The molecular formula is C14H11BrF2N2O. The van der Waals surface area contributed by atoms with Crippen LogP contribution in [0.3, 0.4) is 0 Å². The van der Waals surface area contributed by atoms with Crippen LogP contribution in [0.4, 0.5) is 8.78 Å². The third kappa shape index (κ3) is 2.80. The quantitative estimate of drug-likeness (QED) is 0.652. The predicted octanol–water partition coefficient (Wildman–Crippen LogP) is 4.11. The first-order valence-electron chi connectivity index (χ1n) is 5.66. The normalized spacial score (nSPS) is 10.4. The minimum Gasteiger partial charge on any atom is -0.454 e. The first kappa shape index (κ1) is 14.5. The predicted molar refractivity (Wildman–Crippen MR) is 76.3 cm³/mol. The molecule has 0 saturated carbocycles. The van der Waals surface area contributed by atoms with Gasteiger partial charge in [-0.3, -0.25) is 5.41 Å². The number of halogens is 3. The molecule has 2 aromatic carbocycles. The van der Waals surface area contributed by atoms with Gasteiger partial charge < -0.3 is 10.5 Å². The molecule has 2 aromatic rings. The molecule has 2 rings (SSSR count). The molecule has 0 aliphatic carbocycles. The van der Waals surface area contributed by atoms with Crippen molar-refractivity contribution in [3.63, 3.8) is 0 Å². The van der Waals surface area contributed by atoms with Crippen LogP contribution in [0.15, 0.2) is 34.8 Å². The van der Waals surface area contributed by atoms with E-state index in [4.69, 9.17) is 15.9 Å². The fourth-order valence-corrected chi connectivity index (χ4v) is 2.17. The Balaban J connectivity index is 2.37. The molecular weight excluding hydrogens is 330 g/mol. The number of amidine groups is 1. The number of nitrogens with two attached hydrogens (primary N) is 1. The number of nitrogen functional groups attached to an aromatic ring is 1. The van der Waals surface area contributed by atoms with Crippen molar-refractivity contribution in [2.24, 2.45) is 5.73 Å². The molecule has 6 heteroatoms. The highest BCUT2D eigenvalue weighted by molar-refractivity contribution is 9.10. The summed E-state index contributed by atoms with van der Waals surface area (Å²) in [5, 5.41) is 7.31. The summed E-state index contributed by atoms with van der Waals surface area (Å²) in [5.74, 6) is -0.983. The molecule has 0 heterocycles. The maximum absolute atomic E-state index is 14.1. The van der Waals surface area contributed by atoms with Gasteiger partial charge >= 0.3 is 0 Å². The van der Waals surface area contributed by atoms with E-state index in [1.807, 2.05) is 0 Å². The number of rotatable bonds is 3. The molecule has 3 nitrogen and oxygen atoms in total. The van der Waals surface area contributed by atoms with Crippen molar-refractivity contribution in [3.8, 4) is 11.5 Å². The van der Waals surface area contributed by atoms with Gasteiger partial charge in [-0.2, -0.15) is 0 Å². The summed E-state index contributed by atoms with van der Waals surface area (Å²) < 4.78 is 32.7. The van der Waals surface area contributed by atoms with Crippen LogP contribution >= 0.6 is 15.9 Å². The number of nitrogens with one attached hydrogen (secondary N) is 1. The van der Waals surface area contributed by atoms with Crippen LogP contribution in [-0.4, -0.2) is 5.84 Å². The molecule has 0 atom stereocenters. The summed E-state index contributed by atoms with van der Waals surface area (Å²) in [4.78, 5) is 0. The Morgan fingerprint density at radius 1 is 1.25 bits per heavy atom. The van der Waals surface area contributed by atoms with Gasteiger partial charge in [0.2, 0.25) is 0 Å². The average molecular weight is 341 g/mol.